The zero-order chi connectivity index (χ0) is 84.1. The third-order valence-electron chi connectivity index (χ3n) is 23.8. The molecule has 0 radical (unpaired) electrons. The van der Waals surface area contributed by atoms with Gasteiger partial charge in [-0.3, -0.25) is 0 Å². The first-order chi connectivity index (χ1) is 62.2. The highest BCUT2D eigenvalue weighted by Crippen LogP contribution is 2.47. The van der Waals surface area contributed by atoms with Crippen molar-refractivity contribution in [2.75, 3.05) is 21.3 Å². The summed E-state index contributed by atoms with van der Waals surface area (Å²) in [5.74, 6) is 0. The maximum Gasteiger partial charge on any atom is 0.0542 e. The standard InChI is InChI=1S/C84H56N6S.C18H12BrN.C12H12N2S/c1-5-21-57(22-6-1)87-77-33-17-13-29-69(77)73-53-63(41-49-81(73)87)85(64-42-50-82-74(54-64)70-30-14-18-34-78(70)88(82)58-23-7-2-8-24-58)61-37-45-67(46-38-61)91-68-47-39-62(40-48-68)86(65-43-51-83-75(55-65)71-31-15-19-35-79(71)89(83)59-25-9-3-10-26-59)66-44-52-84-76(56-66)72-32-16-20-36-80(72)90(84)60-27-11-4-12-28-60;19-13-10-11-18-16(12-13)15-8-4-5-9-17(15)20(18)14-6-2-1-3-7-14;13-9-1-5-11(6-2-9)15-12-7-3-10(14)4-8-12/h1-56H;1-12H;1-8H,13-14H2. The number of benzene rings is 19. The summed E-state index contributed by atoms with van der Waals surface area (Å²) < 4.78 is 13.0. The zero-order valence-corrected chi connectivity index (χ0v) is 71.6. The van der Waals surface area contributed by atoms with Crippen LogP contribution in [0.4, 0.5) is 45.5 Å². The van der Waals surface area contributed by atoms with Gasteiger partial charge in [0.1, 0.15) is 0 Å². The molecule has 5 heterocycles. The van der Waals surface area contributed by atoms with Crippen LogP contribution in [0.3, 0.4) is 0 Å². The van der Waals surface area contributed by atoms with Crippen LogP contribution < -0.4 is 21.3 Å². The lowest BCUT2D eigenvalue weighted by atomic mass is 10.1. The Morgan fingerprint density at radius 1 is 0.175 bits per heavy atom. The summed E-state index contributed by atoms with van der Waals surface area (Å²) >= 11 is 7.05. The van der Waals surface area contributed by atoms with Crippen LogP contribution in [0.25, 0.3) is 137 Å². The van der Waals surface area contributed by atoms with E-state index in [0.29, 0.717) is 0 Å². The van der Waals surface area contributed by atoms with E-state index >= 15 is 0 Å². The van der Waals surface area contributed by atoms with Gasteiger partial charge in [-0.25, -0.2) is 0 Å². The number of hydrogen-bond acceptors (Lipinski definition) is 6. The minimum absolute atomic E-state index is 0.789. The van der Waals surface area contributed by atoms with E-state index in [4.69, 9.17) is 11.5 Å². The van der Waals surface area contributed by atoms with E-state index in [0.717, 1.165) is 82.5 Å². The van der Waals surface area contributed by atoms with Crippen molar-refractivity contribution in [2.24, 2.45) is 0 Å². The molecule has 0 saturated carbocycles. The highest BCUT2D eigenvalue weighted by atomic mass is 79.9. The maximum absolute atomic E-state index is 5.61. The molecule has 0 saturated heterocycles. The van der Waals surface area contributed by atoms with Gasteiger partial charge in [-0.2, -0.15) is 0 Å². The summed E-state index contributed by atoms with van der Waals surface area (Å²) in [4.78, 5) is 9.50. The molecule has 0 atom stereocenters. The molecule has 4 N–H and O–H groups in total. The Hall–Kier alpha value is -15.4. The molecule has 0 amide bonds. The summed E-state index contributed by atoms with van der Waals surface area (Å²) in [5.41, 5.74) is 36.9. The lowest BCUT2D eigenvalue weighted by Gasteiger charge is -2.26. The van der Waals surface area contributed by atoms with E-state index in [1.807, 2.05) is 54.6 Å². The molecule has 12 heteroatoms. The predicted octanol–water partition coefficient (Wildman–Crippen LogP) is 31.7. The molecular weight excluding hydrogens is 1640 g/mol. The third-order valence-corrected chi connectivity index (χ3v) is 26.3. The Labute approximate surface area is 745 Å². The number of anilines is 8. The van der Waals surface area contributed by atoms with Crippen molar-refractivity contribution < 1.29 is 0 Å². The minimum Gasteiger partial charge on any atom is -0.399 e. The molecule has 19 aromatic carbocycles. The first-order valence-electron chi connectivity index (χ1n) is 42.2. The van der Waals surface area contributed by atoms with Gasteiger partial charge in [-0.1, -0.05) is 221 Å². The highest BCUT2D eigenvalue weighted by Gasteiger charge is 2.24. The monoisotopic (exact) mass is 1720 g/mol. The van der Waals surface area contributed by atoms with E-state index in [9.17, 15) is 0 Å². The Kier molecular flexibility index (Phi) is 20.1. The summed E-state index contributed by atoms with van der Waals surface area (Å²) in [7, 11) is 0. The molecule has 0 fully saturated rings. The molecule has 5 aromatic heterocycles. The largest absolute Gasteiger partial charge is 0.399 e. The molecule has 0 aliphatic carbocycles. The number of aromatic nitrogens is 5. The number of hydrogen-bond donors (Lipinski definition) is 2. The number of nitrogens with zero attached hydrogens (tertiary/aromatic N) is 7. The van der Waals surface area contributed by atoms with Crippen molar-refractivity contribution in [1.82, 2.24) is 22.8 Å². The molecule has 0 unspecified atom stereocenters. The van der Waals surface area contributed by atoms with Crippen molar-refractivity contribution >= 4 is 194 Å². The van der Waals surface area contributed by atoms with Crippen LogP contribution in [-0.2, 0) is 0 Å². The van der Waals surface area contributed by atoms with E-state index in [2.05, 4.69) is 455 Å². The molecule has 9 nitrogen and oxygen atoms in total. The summed E-state index contributed by atoms with van der Waals surface area (Å²) in [6, 6.07) is 165. The second-order valence-electron chi connectivity index (χ2n) is 31.4. The number of para-hydroxylation sites is 10. The minimum atomic E-state index is 0.789. The first-order valence-corrected chi connectivity index (χ1v) is 44.6. The third kappa shape index (κ3) is 14.3. The number of fused-ring (bicyclic) bond motifs is 15. The Morgan fingerprint density at radius 3 is 0.611 bits per heavy atom. The maximum atomic E-state index is 5.61. The summed E-state index contributed by atoms with van der Waals surface area (Å²) in [6.45, 7) is 0. The Morgan fingerprint density at radius 2 is 0.365 bits per heavy atom. The SMILES string of the molecule is Brc1ccc2c(c1)c1ccccc1n2-c1ccccc1.Nc1ccc(Sc2ccc(N)cc2)cc1.c1ccc(-n2c3ccccc3c3cc(N(c4ccc(Sc5ccc(N(c6ccc7c(c6)c6ccccc6n7-c6ccccc6)c6ccc7c(c6)c6ccccc6n7-c6ccccc6)cc5)cc4)c4ccc5c(c4)c4ccccc4n5-c4ccccc4)ccc32)cc1. The second-order valence-corrected chi connectivity index (χ2v) is 34.6. The fourth-order valence-corrected chi connectivity index (χ4v) is 20.2. The van der Waals surface area contributed by atoms with E-state index in [-0.39, 0.29) is 0 Å². The molecule has 24 rings (SSSR count). The molecule has 126 heavy (non-hydrogen) atoms. The van der Waals surface area contributed by atoms with Gasteiger partial charge >= 0.3 is 0 Å². The van der Waals surface area contributed by atoms with Crippen molar-refractivity contribution in [3.63, 3.8) is 0 Å². The average molecular weight is 1720 g/mol. The first kappa shape index (κ1) is 76.7. The average Bonchev–Trinajstić information content (AvgIpc) is 1.57. The Bertz CT molecular complexity index is 7440. The van der Waals surface area contributed by atoms with Crippen LogP contribution in [0.1, 0.15) is 0 Å². The van der Waals surface area contributed by atoms with Gasteiger partial charge in [0, 0.05) is 152 Å². The highest BCUT2D eigenvalue weighted by molar-refractivity contribution is 9.10. The fourth-order valence-electron chi connectivity index (χ4n) is 18.2. The van der Waals surface area contributed by atoms with Crippen LogP contribution in [-0.4, -0.2) is 22.8 Å². The molecule has 0 bridgehead atoms. The lowest BCUT2D eigenvalue weighted by Crippen LogP contribution is -2.10. The lowest BCUT2D eigenvalue weighted by molar-refractivity contribution is 1.18. The smallest absolute Gasteiger partial charge is 0.0542 e. The Balaban J connectivity index is 0.000000220. The molecular formula is C114H80BrN9S2. The molecule has 0 aliphatic heterocycles. The van der Waals surface area contributed by atoms with Crippen LogP contribution in [0.2, 0.25) is 0 Å². The van der Waals surface area contributed by atoms with Crippen molar-refractivity contribution in [3.05, 3.63) is 466 Å². The van der Waals surface area contributed by atoms with Crippen molar-refractivity contribution in [2.45, 2.75) is 19.6 Å². The number of rotatable bonds is 15. The van der Waals surface area contributed by atoms with Gasteiger partial charge in [0.2, 0.25) is 0 Å². The number of halogens is 1. The zero-order valence-electron chi connectivity index (χ0n) is 68.4. The van der Waals surface area contributed by atoms with E-state index in [1.165, 1.54) is 125 Å². The van der Waals surface area contributed by atoms with Gasteiger partial charge in [0.05, 0.1) is 55.2 Å². The second kappa shape index (κ2) is 33.1. The topological polar surface area (TPSA) is 83.2 Å². The normalized spacial score (nSPS) is 11.5. The van der Waals surface area contributed by atoms with Crippen molar-refractivity contribution in [3.8, 4) is 28.4 Å². The van der Waals surface area contributed by atoms with E-state index in [1.54, 1.807) is 23.5 Å². The van der Waals surface area contributed by atoms with Crippen LogP contribution in [0.15, 0.2) is 485 Å². The van der Waals surface area contributed by atoms with Gasteiger partial charge in [0.15, 0.2) is 0 Å². The van der Waals surface area contributed by atoms with Gasteiger partial charge in [-0.15, -0.1) is 0 Å². The van der Waals surface area contributed by atoms with Crippen molar-refractivity contribution in [1.29, 1.82) is 0 Å². The van der Waals surface area contributed by atoms with E-state index < -0.39 is 0 Å². The molecule has 0 spiro atoms. The van der Waals surface area contributed by atoms with Gasteiger partial charge < -0.3 is 44.1 Å². The quantitative estimate of drug-likeness (QED) is 0.0995. The number of nitrogen functional groups attached to an aromatic ring is 2. The molecule has 600 valence electrons. The molecule has 24 aromatic rings. The van der Waals surface area contributed by atoms with Gasteiger partial charge in [-0.05, 0) is 279 Å². The number of nitrogens with two attached hydrogens (primary N) is 2. The predicted molar refractivity (Wildman–Crippen MR) is 538 cm³/mol. The summed E-state index contributed by atoms with van der Waals surface area (Å²) in [5, 5.41) is 12.2. The van der Waals surface area contributed by atoms with Crippen LogP contribution in [0.5, 0.6) is 0 Å². The van der Waals surface area contributed by atoms with Gasteiger partial charge in [0.25, 0.3) is 0 Å². The fraction of sp³-hybridized carbons (Fsp3) is 0. The van der Waals surface area contributed by atoms with Crippen LogP contribution in [0, 0.1) is 0 Å². The van der Waals surface area contributed by atoms with Crippen LogP contribution >= 0.6 is 39.5 Å². The summed E-state index contributed by atoms with van der Waals surface area (Å²) in [6.07, 6.45) is 0. The molecule has 0 aliphatic rings.